The molecule has 0 saturated heterocycles. The van der Waals surface area contributed by atoms with Crippen molar-refractivity contribution in [3.05, 3.63) is 17.2 Å². The molecule has 1 aliphatic rings. The summed E-state index contributed by atoms with van der Waals surface area (Å²) in [5.41, 5.74) is -0.440. The molecule has 1 aliphatic heterocycles. The number of rotatable bonds is 4. The van der Waals surface area contributed by atoms with Crippen LogP contribution in [0.5, 0.6) is 11.5 Å². The van der Waals surface area contributed by atoms with E-state index in [-0.39, 0.29) is 13.3 Å². The van der Waals surface area contributed by atoms with Gasteiger partial charge in [0.05, 0.1) is 23.2 Å². The van der Waals surface area contributed by atoms with E-state index in [9.17, 15) is 9.59 Å². The fourth-order valence-corrected chi connectivity index (χ4v) is 2.03. The van der Waals surface area contributed by atoms with E-state index in [4.69, 9.17) is 21.1 Å². The fourth-order valence-electron chi connectivity index (χ4n) is 1.83. The van der Waals surface area contributed by atoms with Crippen molar-refractivity contribution in [2.75, 3.05) is 25.8 Å². The molecule has 0 spiro atoms. The van der Waals surface area contributed by atoms with Crippen LogP contribution in [0.25, 0.3) is 0 Å². The van der Waals surface area contributed by atoms with E-state index in [1.165, 1.54) is 7.11 Å². The first-order chi connectivity index (χ1) is 10.3. The van der Waals surface area contributed by atoms with E-state index in [1.807, 2.05) is 0 Å². The molecule has 0 radical (unpaired) electrons. The summed E-state index contributed by atoms with van der Waals surface area (Å²) in [5, 5.41) is 5.53. The normalized spacial score (nSPS) is 12.7. The standard InChI is InChI=1S/C14H17ClN2O5/c1-14(2,12(18)20-3)6-16-13(19)17-9-5-11-10(4-8(9)15)21-7-22-11/h4-5H,6-7H2,1-3H3,(H2,16,17,19). The summed E-state index contributed by atoms with van der Waals surface area (Å²) in [4.78, 5) is 23.5. The maximum Gasteiger partial charge on any atom is 0.319 e. The summed E-state index contributed by atoms with van der Waals surface area (Å²) in [5.74, 6) is 0.631. The van der Waals surface area contributed by atoms with Crippen LogP contribution in [-0.4, -0.2) is 32.4 Å². The monoisotopic (exact) mass is 328 g/mol. The first kappa shape index (κ1) is 16.2. The van der Waals surface area contributed by atoms with E-state index in [0.29, 0.717) is 22.2 Å². The molecule has 0 fully saturated rings. The molecule has 2 rings (SSSR count). The fraction of sp³-hybridized carbons (Fsp3) is 0.429. The first-order valence-corrected chi connectivity index (χ1v) is 6.93. The highest BCUT2D eigenvalue weighted by atomic mass is 35.5. The van der Waals surface area contributed by atoms with Gasteiger partial charge in [-0.1, -0.05) is 11.6 Å². The Balaban J connectivity index is 1.97. The molecule has 7 nitrogen and oxygen atoms in total. The highest BCUT2D eigenvalue weighted by Crippen LogP contribution is 2.39. The topological polar surface area (TPSA) is 85.9 Å². The molecular weight excluding hydrogens is 312 g/mol. The Kier molecular flexibility index (Phi) is 4.65. The Bertz CT molecular complexity index is 603. The number of urea groups is 1. The van der Waals surface area contributed by atoms with Gasteiger partial charge < -0.3 is 24.8 Å². The average Bonchev–Trinajstić information content (AvgIpc) is 2.91. The van der Waals surface area contributed by atoms with Crippen molar-refractivity contribution in [2.24, 2.45) is 5.41 Å². The number of hydrogen-bond donors (Lipinski definition) is 2. The van der Waals surface area contributed by atoms with E-state index in [0.717, 1.165) is 0 Å². The van der Waals surface area contributed by atoms with Crippen LogP contribution in [0.2, 0.25) is 5.02 Å². The van der Waals surface area contributed by atoms with Crippen molar-refractivity contribution in [2.45, 2.75) is 13.8 Å². The minimum atomic E-state index is -0.829. The Morgan fingerprint density at radius 1 is 1.32 bits per heavy atom. The third-order valence-corrected chi connectivity index (χ3v) is 3.45. The molecule has 22 heavy (non-hydrogen) atoms. The zero-order valence-electron chi connectivity index (χ0n) is 12.5. The van der Waals surface area contributed by atoms with Crippen molar-refractivity contribution >= 4 is 29.3 Å². The molecular formula is C14H17ClN2O5. The van der Waals surface area contributed by atoms with Crippen LogP contribution in [-0.2, 0) is 9.53 Å². The number of fused-ring (bicyclic) bond motifs is 1. The van der Waals surface area contributed by atoms with Crippen molar-refractivity contribution in [3.63, 3.8) is 0 Å². The van der Waals surface area contributed by atoms with Gasteiger partial charge in [-0.05, 0) is 13.8 Å². The summed E-state index contributed by atoms with van der Waals surface area (Å²) < 4.78 is 15.1. The number of nitrogens with one attached hydrogen (secondary N) is 2. The number of methoxy groups -OCH3 is 1. The van der Waals surface area contributed by atoms with E-state index in [2.05, 4.69) is 15.4 Å². The van der Waals surface area contributed by atoms with Crippen molar-refractivity contribution in [3.8, 4) is 11.5 Å². The van der Waals surface area contributed by atoms with Gasteiger partial charge in [0.1, 0.15) is 0 Å². The van der Waals surface area contributed by atoms with E-state index in [1.54, 1.807) is 26.0 Å². The second kappa shape index (κ2) is 6.31. The van der Waals surface area contributed by atoms with Crippen LogP contribution < -0.4 is 20.1 Å². The molecule has 1 aromatic carbocycles. The summed E-state index contributed by atoms with van der Waals surface area (Å²) in [6.45, 7) is 3.58. The lowest BCUT2D eigenvalue weighted by atomic mass is 9.94. The third kappa shape index (κ3) is 3.54. The Morgan fingerprint density at radius 3 is 2.59 bits per heavy atom. The maximum atomic E-state index is 11.9. The number of amides is 2. The van der Waals surface area contributed by atoms with Gasteiger partial charge in [0.25, 0.3) is 0 Å². The Hall–Kier alpha value is -2.15. The minimum absolute atomic E-state index is 0.119. The smallest absolute Gasteiger partial charge is 0.319 e. The molecule has 2 amide bonds. The summed E-state index contributed by atoms with van der Waals surface area (Å²) >= 11 is 6.06. The lowest BCUT2D eigenvalue weighted by Crippen LogP contribution is -2.41. The number of hydrogen-bond acceptors (Lipinski definition) is 5. The number of carbonyl (C=O) groups excluding carboxylic acids is 2. The first-order valence-electron chi connectivity index (χ1n) is 6.56. The molecule has 0 bridgehead atoms. The molecule has 0 aromatic heterocycles. The number of esters is 1. The van der Waals surface area contributed by atoms with Gasteiger partial charge in [-0.2, -0.15) is 0 Å². The second-order valence-corrected chi connectivity index (χ2v) is 5.78. The van der Waals surface area contributed by atoms with Crippen LogP contribution in [0.3, 0.4) is 0 Å². The molecule has 1 heterocycles. The molecule has 1 aromatic rings. The number of carbonyl (C=O) groups is 2. The van der Waals surface area contributed by atoms with Crippen molar-refractivity contribution in [1.82, 2.24) is 5.32 Å². The Morgan fingerprint density at radius 2 is 1.95 bits per heavy atom. The predicted molar refractivity (Wildman–Crippen MR) is 80.4 cm³/mol. The lowest BCUT2D eigenvalue weighted by Gasteiger charge is -2.21. The predicted octanol–water partition coefficient (Wildman–Crippen LogP) is 2.39. The SMILES string of the molecule is COC(=O)C(C)(C)CNC(=O)Nc1cc2c(cc1Cl)OCO2. The number of anilines is 1. The van der Waals surface area contributed by atoms with Crippen LogP contribution in [0.4, 0.5) is 10.5 Å². The largest absolute Gasteiger partial charge is 0.469 e. The van der Waals surface area contributed by atoms with Gasteiger partial charge in [0.15, 0.2) is 11.5 Å². The van der Waals surface area contributed by atoms with E-state index >= 15 is 0 Å². The minimum Gasteiger partial charge on any atom is -0.469 e. The second-order valence-electron chi connectivity index (χ2n) is 5.37. The molecule has 0 aliphatic carbocycles. The molecule has 120 valence electrons. The van der Waals surface area contributed by atoms with E-state index < -0.39 is 17.4 Å². The molecule has 0 atom stereocenters. The summed E-state index contributed by atoms with van der Waals surface area (Å²) in [6, 6.07) is 2.66. The van der Waals surface area contributed by atoms with Gasteiger partial charge >= 0.3 is 12.0 Å². The summed E-state index contributed by atoms with van der Waals surface area (Å²) in [7, 11) is 1.30. The average molecular weight is 329 g/mol. The quantitative estimate of drug-likeness (QED) is 0.829. The van der Waals surface area contributed by atoms with Crippen LogP contribution in [0, 0.1) is 5.41 Å². The number of ether oxygens (including phenoxy) is 3. The third-order valence-electron chi connectivity index (χ3n) is 3.14. The van der Waals surface area contributed by atoms with Crippen LogP contribution in [0.1, 0.15) is 13.8 Å². The summed E-state index contributed by atoms with van der Waals surface area (Å²) in [6.07, 6.45) is 0. The zero-order chi connectivity index (χ0) is 16.3. The molecule has 0 saturated carbocycles. The highest BCUT2D eigenvalue weighted by Gasteiger charge is 2.29. The Labute approximate surface area is 132 Å². The highest BCUT2D eigenvalue weighted by molar-refractivity contribution is 6.34. The molecule has 2 N–H and O–H groups in total. The molecule has 8 heteroatoms. The molecule has 0 unspecified atom stereocenters. The van der Waals surface area contributed by atoms with Crippen molar-refractivity contribution in [1.29, 1.82) is 0 Å². The van der Waals surface area contributed by atoms with Crippen LogP contribution in [0.15, 0.2) is 12.1 Å². The van der Waals surface area contributed by atoms with Crippen LogP contribution >= 0.6 is 11.6 Å². The zero-order valence-corrected chi connectivity index (χ0v) is 13.2. The van der Waals surface area contributed by atoms with Gasteiger partial charge in [-0.25, -0.2) is 4.79 Å². The van der Waals surface area contributed by atoms with Gasteiger partial charge in [-0.15, -0.1) is 0 Å². The number of benzene rings is 1. The maximum absolute atomic E-state index is 11.9. The van der Waals surface area contributed by atoms with Gasteiger partial charge in [-0.3, -0.25) is 4.79 Å². The van der Waals surface area contributed by atoms with Gasteiger partial charge in [0, 0.05) is 18.7 Å². The number of halogens is 1. The van der Waals surface area contributed by atoms with Gasteiger partial charge in [0.2, 0.25) is 6.79 Å². The lowest BCUT2D eigenvalue weighted by molar-refractivity contribution is -0.150. The van der Waals surface area contributed by atoms with Crippen molar-refractivity contribution < 1.29 is 23.8 Å².